The summed E-state index contributed by atoms with van der Waals surface area (Å²) >= 11 is 4.29. The van der Waals surface area contributed by atoms with Crippen molar-refractivity contribution >= 4 is 28.0 Å². The van der Waals surface area contributed by atoms with E-state index in [1.165, 1.54) is 0 Å². The van der Waals surface area contributed by atoms with Crippen molar-refractivity contribution in [2.24, 2.45) is 0 Å². The van der Waals surface area contributed by atoms with E-state index in [1.54, 1.807) is 0 Å². The second-order valence-corrected chi connectivity index (χ2v) is 3.60. The SMILES string of the molecule is [Na+].[O-]OOSCc1cccc(Br)c1. The van der Waals surface area contributed by atoms with Crippen LogP contribution in [0.5, 0.6) is 0 Å². The van der Waals surface area contributed by atoms with E-state index in [2.05, 4.69) is 25.3 Å². The zero-order valence-corrected chi connectivity index (χ0v) is 11.4. The largest absolute Gasteiger partial charge is 1.00 e. The topological polar surface area (TPSA) is 41.5 Å². The molecule has 0 aliphatic rings. The van der Waals surface area contributed by atoms with E-state index in [9.17, 15) is 5.26 Å². The number of hydrogen-bond donors (Lipinski definition) is 0. The Labute approximate surface area is 111 Å². The van der Waals surface area contributed by atoms with Crippen LogP contribution in [0.2, 0.25) is 0 Å². The Bertz CT molecular complexity index is 249. The number of benzene rings is 1. The van der Waals surface area contributed by atoms with Gasteiger partial charge in [0.15, 0.2) is 0 Å². The van der Waals surface area contributed by atoms with Gasteiger partial charge in [-0.2, -0.15) is 4.33 Å². The molecule has 0 amide bonds. The van der Waals surface area contributed by atoms with Crippen LogP contribution in [0.4, 0.5) is 0 Å². The maximum atomic E-state index is 9.43. The molecule has 0 N–H and O–H groups in total. The van der Waals surface area contributed by atoms with Crippen molar-refractivity contribution in [3.63, 3.8) is 0 Å². The Balaban J connectivity index is 0.00000144. The van der Waals surface area contributed by atoms with Crippen molar-refractivity contribution < 1.29 is 44.2 Å². The van der Waals surface area contributed by atoms with Crippen LogP contribution in [0.3, 0.4) is 0 Å². The first kappa shape index (κ1) is 13.9. The summed E-state index contributed by atoms with van der Waals surface area (Å²) < 4.78 is 5.13. The molecular weight excluding hydrogens is 267 g/mol. The van der Waals surface area contributed by atoms with Gasteiger partial charge in [0.05, 0.1) is 0 Å². The monoisotopic (exact) mass is 272 g/mol. The van der Waals surface area contributed by atoms with Gasteiger partial charge in [0.1, 0.15) is 0 Å². The van der Waals surface area contributed by atoms with Crippen molar-refractivity contribution in [2.75, 3.05) is 0 Å². The minimum Gasteiger partial charge on any atom is -0.691 e. The van der Waals surface area contributed by atoms with Gasteiger partial charge in [-0.05, 0) is 17.7 Å². The quantitative estimate of drug-likeness (QED) is 0.228. The van der Waals surface area contributed by atoms with E-state index in [1.807, 2.05) is 24.3 Å². The number of hydrogen-bond acceptors (Lipinski definition) is 4. The second kappa shape index (κ2) is 8.26. The standard InChI is InChI=1S/C7H7BrO3S.Na/c8-7-3-1-2-6(4-7)5-12-11-10-9;/h1-4,9H,5H2;/q;+1/p-1. The fraction of sp³-hybridized carbons (Fsp3) is 0.143. The van der Waals surface area contributed by atoms with Crippen molar-refractivity contribution in [3.8, 4) is 0 Å². The second-order valence-electron chi connectivity index (χ2n) is 2.03. The maximum Gasteiger partial charge on any atom is 1.00 e. The molecule has 13 heavy (non-hydrogen) atoms. The van der Waals surface area contributed by atoms with Crippen molar-refractivity contribution in [1.29, 1.82) is 0 Å². The van der Waals surface area contributed by atoms with Crippen LogP contribution in [0.15, 0.2) is 28.7 Å². The van der Waals surface area contributed by atoms with Gasteiger partial charge in [0.2, 0.25) is 0 Å². The molecule has 0 bridgehead atoms. The number of halogens is 1. The van der Waals surface area contributed by atoms with Crippen molar-refractivity contribution in [1.82, 2.24) is 0 Å². The summed E-state index contributed by atoms with van der Waals surface area (Å²) in [6.07, 6.45) is 0. The molecule has 6 heteroatoms. The molecule has 0 saturated carbocycles. The molecule has 3 nitrogen and oxygen atoms in total. The third-order valence-corrected chi connectivity index (χ3v) is 2.29. The average Bonchev–Trinajstić information content (AvgIpc) is 2.05. The summed E-state index contributed by atoms with van der Waals surface area (Å²) in [4.78, 5) is 0. The minimum absolute atomic E-state index is 0. The van der Waals surface area contributed by atoms with E-state index in [4.69, 9.17) is 0 Å². The fourth-order valence-electron chi connectivity index (χ4n) is 0.738. The zero-order valence-electron chi connectivity index (χ0n) is 7.03. The van der Waals surface area contributed by atoms with Crippen LogP contribution < -0.4 is 34.8 Å². The smallest absolute Gasteiger partial charge is 0.691 e. The number of rotatable bonds is 4. The van der Waals surface area contributed by atoms with Crippen LogP contribution in [0, 0.1) is 0 Å². The molecule has 0 heterocycles. The van der Waals surface area contributed by atoms with Gasteiger partial charge in [-0.3, -0.25) is 5.04 Å². The van der Waals surface area contributed by atoms with Gasteiger partial charge in [-0.25, -0.2) is 0 Å². The molecule has 0 fully saturated rings. The fourth-order valence-corrected chi connectivity index (χ4v) is 1.59. The molecule has 0 aliphatic heterocycles. The predicted molar refractivity (Wildman–Crippen MR) is 47.6 cm³/mol. The molecule has 66 valence electrons. The van der Waals surface area contributed by atoms with Crippen LogP contribution >= 0.6 is 28.0 Å². The molecule has 1 aromatic rings. The van der Waals surface area contributed by atoms with E-state index in [-0.39, 0.29) is 29.6 Å². The summed E-state index contributed by atoms with van der Waals surface area (Å²) in [6.45, 7) is 0. The molecule has 0 spiro atoms. The van der Waals surface area contributed by atoms with Gasteiger partial charge in [-0.1, -0.05) is 28.1 Å². The van der Waals surface area contributed by atoms with Gasteiger partial charge < -0.3 is 5.26 Å². The predicted octanol–water partition coefficient (Wildman–Crippen LogP) is -1.18. The zero-order chi connectivity index (χ0) is 8.81. The van der Waals surface area contributed by atoms with Crippen LogP contribution in [-0.4, -0.2) is 0 Å². The molecule has 0 aromatic heterocycles. The van der Waals surface area contributed by atoms with Gasteiger partial charge >= 0.3 is 29.6 Å². The molecule has 0 atom stereocenters. The van der Waals surface area contributed by atoms with E-state index >= 15 is 0 Å². The first-order valence-corrected chi connectivity index (χ1v) is 4.86. The molecule has 1 rings (SSSR count). The summed E-state index contributed by atoms with van der Waals surface area (Å²) in [7, 11) is 0. The molecular formula is C7H6BrNaO3S. The van der Waals surface area contributed by atoms with Crippen LogP contribution in [0.25, 0.3) is 0 Å². The molecule has 0 aliphatic carbocycles. The summed E-state index contributed by atoms with van der Waals surface area (Å²) in [5.41, 5.74) is 1.06. The van der Waals surface area contributed by atoms with E-state index in [0.29, 0.717) is 5.75 Å². The minimum atomic E-state index is 0. The first-order chi connectivity index (χ1) is 5.83. The molecule has 0 unspecified atom stereocenters. The van der Waals surface area contributed by atoms with Gasteiger partial charge in [-0.15, -0.1) is 0 Å². The van der Waals surface area contributed by atoms with Gasteiger partial charge in [0, 0.05) is 22.3 Å². The van der Waals surface area contributed by atoms with Crippen LogP contribution in [0.1, 0.15) is 5.56 Å². The summed E-state index contributed by atoms with van der Waals surface area (Å²) in [5.74, 6) is 0.585. The molecule has 0 radical (unpaired) electrons. The van der Waals surface area contributed by atoms with Crippen molar-refractivity contribution in [3.05, 3.63) is 34.3 Å². The third-order valence-electron chi connectivity index (χ3n) is 1.19. The Hall–Kier alpha value is 0.930. The normalized spacial score (nSPS) is 9.38. The Morgan fingerprint density at radius 3 is 2.85 bits per heavy atom. The first-order valence-electron chi connectivity index (χ1n) is 3.15. The maximum absolute atomic E-state index is 9.43. The van der Waals surface area contributed by atoms with Gasteiger partial charge in [0.25, 0.3) is 0 Å². The average molecular weight is 273 g/mol. The van der Waals surface area contributed by atoms with E-state index < -0.39 is 0 Å². The Morgan fingerprint density at radius 1 is 1.46 bits per heavy atom. The summed E-state index contributed by atoms with van der Waals surface area (Å²) in [5, 5.41) is 12.6. The Kier molecular flexibility index (Phi) is 8.85. The molecule has 0 saturated heterocycles. The Morgan fingerprint density at radius 2 is 2.23 bits per heavy atom. The van der Waals surface area contributed by atoms with Crippen molar-refractivity contribution in [2.45, 2.75) is 5.75 Å². The summed E-state index contributed by atoms with van der Waals surface area (Å²) in [6, 6.07) is 7.73. The van der Waals surface area contributed by atoms with E-state index in [0.717, 1.165) is 22.1 Å². The third kappa shape index (κ3) is 6.09. The molecule has 1 aromatic carbocycles. The van der Waals surface area contributed by atoms with Crippen LogP contribution in [-0.2, 0) is 15.1 Å².